The molecule has 20 heavy (non-hydrogen) atoms. The maximum atomic E-state index is 11.8. The van der Waals surface area contributed by atoms with Gasteiger partial charge in [0.2, 0.25) is 0 Å². The summed E-state index contributed by atoms with van der Waals surface area (Å²) in [6.45, 7) is 0.00596. The highest BCUT2D eigenvalue weighted by molar-refractivity contribution is 5.91. The van der Waals surface area contributed by atoms with E-state index in [0.717, 1.165) is 0 Å². The number of aliphatic carboxylic acids is 1. The molecule has 1 aromatic carbocycles. The lowest BCUT2D eigenvalue weighted by Gasteiger charge is -2.18. The Balaban J connectivity index is 2.40. The number of ether oxygens (including phenoxy) is 2. The number of nitrogens with one attached hydrogen (secondary N) is 1. The van der Waals surface area contributed by atoms with E-state index in [0.29, 0.717) is 11.4 Å². The second kappa shape index (κ2) is 8.00. The van der Waals surface area contributed by atoms with Crippen LogP contribution in [-0.4, -0.2) is 51.0 Å². The van der Waals surface area contributed by atoms with Gasteiger partial charge in [0.15, 0.2) is 0 Å². The minimum Gasteiger partial charge on any atom is -0.497 e. The van der Waals surface area contributed by atoms with Crippen molar-refractivity contribution in [3.05, 3.63) is 24.3 Å². The first-order valence-corrected chi connectivity index (χ1v) is 5.99. The summed E-state index contributed by atoms with van der Waals surface area (Å²) in [5, 5.41) is 11.0. The third kappa shape index (κ3) is 5.15. The molecule has 0 aliphatic heterocycles. The molecule has 1 aromatic rings. The van der Waals surface area contributed by atoms with Crippen molar-refractivity contribution in [1.82, 2.24) is 5.32 Å². The van der Waals surface area contributed by atoms with Crippen molar-refractivity contribution in [1.29, 1.82) is 0 Å². The number of benzene rings is 1. The Hall–Kier alpha value is -2.28. The van der Waals surface area contributed by atoms with Crippen molar-refractivity contribution in [2.45, 2.75) is 0 Å². The number of urea groups is 1. The van der Waals surface area contributed by atoms with Gasteiger partial charge in [-0.2, -0.15) is 0 Å². The van der Waals surface area contributed by atoms with Gasteiger partial charge in [0.05, 0.1) is 13.7 Å². The molecule has 7 heteroatoms. The van der Waals surface area contributed by atoms with Crippen LogP contribution in [0, 0.1) is 0 Å². The molecule has 0 bridgehead atoms. The van der Waals surface area contributed by atoms with Crippen LogP contribution in [0.1, 0.15) is 0 Å². The fraction of sp³-hybridized carbons (Fsp3) is 0.385. The van der Waals surface area contributed by atoms with E-state index in [2.05, 4.69) is 5.32 Å². The number of methoxy groups -OCH3 is 1. The number of hydrogen-bond acceptors (Lipinski definition) is 4. The number of anilines is 1. The maximum absolute atomic E-state index is 11.8. The van der Waals surface area contributed by atoms with E-state index >= 15 is 0 Å². The number of amides is 2. The molecule has 0 aromatic heterocycles. The molecular weight excluding hydrogens is 264 g/mol. The van der Waals surface area contributed by atoms with Crippen molar-refractivity contribution in [3.8, 4) is 5.75 Å². The summed E-state index contributed by atoms with van der Waals surface area (Å²) in [7, 11) is 3.18. The Morgan fingerprint density at radius 2 is 2.15 bits per heavy atom. The summed E-state index contributed by atoms with van der Waals surface area (Å²) in [6.07, 6.45) is 0. The van der Waals surface area contributed by atoms with Gasteiger partial charge in [0, 0.05) is 25.3 Å². The molecule has 0 aliphatic rings. The highest BCUT2D eigenvalue weighted by Crippen LogP contribution is 2.19. The van der Waals surface area contributed by atoms with E-state index in [1.165, 1.54) is 4.90 Å². The zero-order chi connectivity index (χ0) is 15.0. The summed E-state index contributed by atoms with van der Waals surface area (Å²) in [5.41, 5.74) is 0.688. The van der Waals surface area contributed by atoms with Crippen molar-refractivity contribution < 1.29 is 24.2 Å². The van der Waals surface area contributed by atoms with E-state index in [-0.39, 0.29) is 25.8 Å². The van der Waals surface area contributed by atoms with Crippen LogP contribution in [0.25, 0.3) is 0 Å². The second-order valence-electron chi connectivity index (χ2n) is 3.94. The lowest BCUT2D eigenvalue weighted by atomic mass is 10.3. The van der Waals surface area contributed by atoms with Gasteiger partial charge in [-0.05, 0) is 12.1 Å². The van der Waals surface area contributed by atoms with Gasteiger partial charge in [-0.3, -0.25) is 4.90 Å². The highest BCUT2D eigenvalue weighted by Gasteiger charge is 2.10. The summed E-state index contributed by atoms with van der Waals surface area (Å²) in [5.74, 6) is -0.378. The zero-order valence-electron chi connectivity index (χ0n) is 11.5. The quantitative estimate of drug-likeness (QED) is 0.727. The van der Waals surface area contributed by atoms with Crippen molar-refractivity contribution in [2.75, 3.05) is 38.8 Å². The molecule has 0 heterocycles. The lowest BCUT2D eigenvalue weighted by molar-refractivity contribution is -0.142. The van der Waals surface area contributed by atoms with Crippen LogP contribution >= 0.6 is 0 Å². The number of carboxylic acids is 1. The first kappa shape index (κ1) is 15.8. The second-order valence-corrected chi connectivity index (χ2v) is 3.94. The summed E-state index contributed by atoms with van der Waals surface area (Å²) in [4.78, 5) is 23.5. The standard InChI is InChI=1S/C13H18N2O5/c1-15(10-4-3-5-11(8-10)19-2)13(18)14-6-7-20-9-12(16)17/h3-5,8H,6-7,9H2,1-2H3,(H,14,18)(H,16,17). The van der Waals surface area contributed by atoms with E-state index in [1.807, 2.05) is 0 Å². The molecule has 2 amide bonds. The molecule has 0 atom stereocenters. The average Bonchev–Trinajstić information content (AvgIpc) is 2.45. The SMILES string of the molecule is COc1cccc(N(C)C(=O)NCCOCC(=O)O)c1. The first-order valence-electron chi connectivity index (χ1n) is 5.99. The molecule has 0 saturated carbocycles. The van der Waals surface area contributed by atoms with E-state index in [9.17, 15) is 9.59 Å². The summed E-state index contributed by atoms with van der Waals surface area (Å²) < 4.78 is 9.90. The number of nitrogens with zero attached hydrogens (tertiary/aromatic N) is 1. The Bertz CT molecular complexity index is 464. The Morgan fingerprint density at radius 3 is 2.80 bits per heavy atom. The van der Waals surface area contributed by atoms with Crippen molar-refractivity contribution >= 4 is 17.7 Å². The molecule has 0 radical (unpaired) electrons. The smallest absolute Gasteiger partial charge is 0.329 e. The Morgan fingerprint density at radius 1 is 1.40 bits per heavy atom. The molecule has 7 nitrogen and oxygen atoms in total. The minimum absolute atomic E-state index is 0.143. The van der Waals surface area contributed by atoms with Crippen LogP contribution in [0.3, 0.4) is 0 Å². The highest BCUT2D eigenvalue weighted by atomic mass is 16.5. The minimum atomic E-state index is -1.04. The first-order chi connectivity index (χ1) is 9.54. The number of carbonyl (C=O) groups excluding carboxylic acids is 1. The van der Waals surface area contributed by atoms with Gasteiger partial charge in [-0.15, -0.1) is 0 Å². The molecule has 0 fully saturated rings. The zero-order valence-corrected chi connectivity index (χ0v) is 11.5. The maximum Gasteiger partial charge on any atom is 0.329 e. The molecular formula is C13H18N2O5. The number of rotatable bonds is 7. The number of hydrogen-bond donors (Lipinski definition) is 2. The molecule has 0 aliphatic carbocycles. The molecule has 0 spiro atoms. The molecule has 0 saturated heterocycles. The predicted octanol–water partition coefficient (Wildman–Crippen LogP) is 0.942. The van der Waals surface area contributed by atoms with Crippen LogP contribution in [-0.2, 0) is 9.53 Å². The Labute approximate surface area is 117 Å². The van der Waals surface area contributed by atoms with Crippen molar-refractivity contribution in [2.24, 2.45) is 0 Å². The number of carboxylic acid groups (broad SMARTS) is 1. The van der Waals surface area contributed by atoms with Gasteiger partial charge in [0.25, 0.3) is 0 Å². The number of carbonyl (C=O) groups is 2. The average molecular weight is 282 g/mol. The third-order valence-corrected chi connectivity index (χ3v) is 2.49. The molecule has 1 rings (SSSR count). The van der Waals surface area contributed by atoms with Gasteiger partial charge in [-0.25, -0.2) is 9.59 Å². The molecule has 0 unspecified atom stereocenters. The summed E-state index contributed by atoms with van der Waals surface area (Å²) in [6, 6.07) is 6.78. The van der Waals surface area contributed by atoms with Gasteiger partial charge in [-0.1, -0.05) is 6.07 Å². The monoisotopic (exact) mass is 282 g/mol. The van der Waals surface area contributed by atoms with Crippen LogP contribution < -0.4 is 15.0 Å². The normalized spacial score (nSPS) is 9.90. The lowest BCUT2D eigenvalue weighted by Crippen LogP contribution is -2.39. The van der Waals surface area contributed by atoms with Crippen LogP contribution in [0.2, 0.25) is 0 Å². The fourth-order valence-electron chi connectivity index (χ4n) is 1.44. The van der Waals surface area contributed by atoms with Gasteiger partial charge >= 0.3 is 12.0 Å². The predicted molar refractivity (Wildman–Crippen MR) is 73.3 cm³/mol. The van der Waals surface area contributed by atoms with Crippen LogP contribution in [0.4, 0.5) is 10.5 Å². The largest absolute Gasteiger partial charge is 0.497 e. The fourth-order valence-corrected chi connectivity index (χ4v) is 1.44. The topological polar surface area (TPSA) is 88.1 Å². The van der Waals surface area contributed by atoms with Crippen LogP contribution in [0.5, 0.6) is 5.75 Å². The van der Waals surface area contributed by atoms with E-state index < -0.39 is 5.97 Å². The van der Waals surface area contributed by atoms with Crippen molar-refractivity contribution in [3.63, 3.8) is 0 Å². The summed E-state index contributed by atoms with van der Waals surface area (Å²) >= 11 is 0. The van der Waals surface area contributed by atoms with Crippen LogP contribution in [0.15, 0.2) is 24.3 Å². The van der Waals surface area contributed by atoms with E-state index in [1.54, 1.807) is 38.4 Å². The van der Waals surface area contributed by atoms with E-state index in [4.69, 9.17) is 14.6 Å². The van der Waals surface area contributed by atoms with Gasteiger partial charge < -0.3 is 19.9 Å². The molecule has 110 valence electrons. The molecule has 2 N–H and O–H groups in total. The Kier molecular flexibility index (Phi) is 6.31. The third-order valence-electron chi connectivity index (χ3n) is 2.49. The van der Waals surface area contributed by atoms with Gasteiger partial charge in [0.1, 0.15) is 12.4 Å².